The summed E-state index contributed by atoms with van der Waals surface area (Å²) in [6.07, 6.45) is -1.40. The van der Waals surface area contributed by atoms with Crippen molar-refractivity contribution < 1.29 is 32.1 Å². The number of alkyl halides is 2. The van der Waals surface area contributed by atoms with Crippen LogP contribution in [0.2, 0.25) is 0 Å². The summed E-state index contributed by atoms with van der Waals surface area (Å²) in [5.41, 5.74) is 0.0371. The normalized spacial score (nSPS) is 15.4. The summed E-state index contributed by atoms with van der Waals surface area (Å²) in [7, 11) is 1.27. The summed E-state index contributed by atoms with van der Waals surface area (Å²) in [5, 5.41) is 10.6. The zero-order valence-electron chi connectivity index (χ0n) is 19.5. The average Bonchev–Trinajstić information content (AvgIpc) is 2.97. The quantitative estimate of drug-likeness (QED) is 0.394. The highest BCUT2D eigenvalue weighted by atomic mass is 19.3. The standard InChI is InChI=1S/C24H21F4N5O3/c1-4-12-14(25)7-29-15-6-11(34)5-13(17(12)15)20-19(28)21-18-22(32-24(31-21)35-3)33(8-16(26)27)10(2)9-36-23(18)30-20/h5-7,10,16,34H,4,8-9H2,1-3H3/t10-/m0/s1. The Morgan fingerprint density at radius 2 is 1.97 bits per heavy atom. The third-order valence-electron chi connectivity index (χ3n) is 6.11. The Hall–Kier alpha value is -3.96. The molecule has 0 amide bonds. The molecule has 1 aromatic carbocycles. The zero-order chi connectivity index (χ0) is 25.7. The molecule has 3 aromatic heterocycles. The molecule has 36 heavy (non-hydrogen) atoms. The fourth-order valence-corrected chi connectivity index (χ4v) is 4.49. The van der Waals surface area contributed by atoms with Gasteiger partial charge in [-0.2, -0.15) is 9.97 Å². The summed E-state index contributed by atoms with van der Waals surface area (Å²) in [6, 6.07) is 1.80. The molecule has 5 rings (SSSR count). The zero-order valence-corrected chi connectivity index (χ0v) is 19.5. The van der Waals surface area contributed by atoms with Crippen molar-refractivity contribution in [1.29, 1.82) is 0 Å². The van der Waals surface area contributed by atoms with E-state index < -0.39 is 30.6 Å². The molecule has 4 heterocycles. The maximum Gasteiger partial charge on any atom is 0.318 e. The van der Waals surface area contributed by atoms with E-state index in [-0.39, 0.29) is 75.1 Å². The summed E-state index contributed by atoms with van der Waals surface area (Å²) in [5.74, 6) is -1.84. The van der Waals surface area contributed by atoms with E-state index in [4.69, 9.17) is 9.47 Å². The first-order valence-corrected chi connectivity index (χ1v) is 11.2. The maximum atomic E-state index is 16.2. The number of aromatic nitrogens is 4. The predicted molar refractivity (Wildman–Crippen MR) is 124 cm³/mol. The molecule has 0 saturated heterocycles. The third-order valence-corrected chi connectivity index (χ3v) is 6.11. The topological polar surface area (TPSA) is 93.5 Å². The molecule has 188 valence electrons. The molecule has 4 aromatic rings. The van der Waals surface area contributed by atoms with Gasteiger partial charge in [0, 0.05) is 17.0 Å². The molecule has 0 fully saturated rings. The van der Waals surface area contributed by atoms with Crippen LogP contribution in [0.5, 0.6) is 17.6 Å². The van der Waals surface area contributed by atoms with Crippen LogP contribution >= 0.6 is 0 Å². The van der Waals surface area contributed by atoms with E-state index in [1.807, 2.05) is 0 Å². The summed E-state index contributed by atoms with van der Waals surface area (Å²) < 4.78 is 68.6. The molecule has 0 aliphatic carbocycles. The summed E-state index contributed by atoms with van der Waals surface area (Å²) in [6.45, 7) is 2.68. The summed E-state index contributed by atoms with van der Waals surface area (Å²) in [4.78, 5) is 18.1. The minimum atomic E-state index is -2.70. The van der Waals surface area contributed by atoms with Gasteiger partial charge in [-0.1, -0.05) is 6.92 Å². The SMILES string of the molecule is CCc1c(F)cnc2cc(O)cc(-c3nc4c5c(nc(OC)nc5c3F)N(CC(F)F)[C@@H](C)CO4)c12. The number of aromatic hydroxyl groups is 1. The van der Waals surface area contributed by atoms with Crippen LogP contribution < -0.4 is 14.4 Å². The molecule has 12 heteroatoms. The van der Waals surface area contributed by atoms with Crippen molar-refractivity contribution in [1.82, 2.24) is 19.9 Å². The number of pyridine rings is 2. The average molecular weight is 503 g/mol. The van der Waals surface area contributed by atoms with Crippen molar-refractivity contribution in [3.05, 3.63) is 35.5 Å². The minimum absolute atomic E-state index is 0.00201. The predicted octanol–water partition coefficient (Wildman–Crippen LogP) is 4.65. The number of ether oxygens (including phenoxy) is 2. The lowest BCUT2D eigenvalue weighted by atomic mass is 9.97. The van der Waals surface area contributed by atoms with Crippen LogP contribution in [0.25, 0.3) is 33.1 Å². The highest BCUT2D eigenvalue weighted by Gasteiger charge is 2.32. The Kier molecular flexibility index (Phi) is 5.89. The van der Waals surface area contributed by atoms with Gasteiger partial charge in [-0.3, -0.25) is 4.98 Å². The van der Waals surface area contributed by atoms with Crippen molar-refractivity contribution in [2.24, 2.45) is 0 Å². The van der Waals surface area contributed by atoms with Crippen LogP contribution in [0, 0.1) is 11.6 Å². The van der Waals surface area contributed by atoms with Crippen LogP contribution in [-0.4, -0.2) is 57.8 Å². The number of anilines is 1. The fraction of sp³-hybridized carbons (Fsp3) is 0.333. The van der Waals surface area contributed by atoms with Crippen molar-refractivity contribution in [3.63, 3.8) is 0 Å². The number of rotatable bonds is 5. The molecule has 0 bridgehead atoms. The van der Waals surface area contributed by atoms with Gasteiger partial charge in [0.25, 0.3) is 6.43 Å². The minimum Gasteiger partial charge on any atom is -0.508 e. The number of hydrogen-bond donors (Lipinski definition) is 1. The smallest absolute Gasteiger partial charge is 0.318 e. The van der Waals surface area contributed by atoms with Crippen LogP contribution in [0.3, 0.4) is 0 Å². The molecule has 1 N–H and O–H groups in total. The Bertz CT molecular complexity index is 1500. The Morgan fingerprint density at radius 3 is 2.67 bits per heavy atom. The van der Waals surface area contributed by atoms with E-state index in [0.717, 1.165) is 6.20 Å². The fourth-order valence-electron chi connectivity index (χ4n) is 4.49. The summed E-state index contributed by atoms with van der Waals surface area (Å²) >= 11 is 0. The molecule has 8 nitrogen and oxygen atoms in total. The first-order valence-electron chi connectivity index (χ1n) is 11.2. The number of fused-ring (bicyclic) bond motifs is 1. The van der Waals surface area contributed by atoms with Crippen LogP contribution in [0.15, 0.2) is 18.3 Å². The van der Waals surface area contributed by atoms with Crippen molar-refractivity contribution in [2.45, 2.75) is 32.7 Å². The second-order valence-corrected chi connectivity index (χ2v) is 8.37. The number of benzene rings is 1. The lowest BCUT2D eigenvalue weighted by Crippen LogP contribution is -2.40. The molecule has 0 saturated carbocycles. The Morgan fingerprint density at radius 1 is 1.19 bits per heavy atom. The molecule has 0 unspecified atom stereocenters. The number of aryl methyl sites for hydroxylation is 1. The van der Waals surface area contributed by atoms with Crippen LogP contribution in [-0.2, 0) is 6.42 Å². The van der Waals surface area contributed by atoms with Gasteiger partial charge in [0.15, 0.2) is 5.82 Å². The molecular weight excluding hydrogens is 482 g/mol. The lowest BCUT2D eigenvalue weighted by molar-refractivity contribution is 0.149. The number of halogens is 4. The van der Waals surface area contributed by atoms with E-state index in [0.29, 0.717) is 0 Å². The number of phenolic OH excluding ortho intramolecular Hbond substituents is 1. The van der Waals surface area contributed by atoms with E-state index in [1.54, 1.807) is 13.8 Å². The molecular formula is C24H21F4N5O3. The Labute approximate surface area is 202 Å². The van der Waals surface area contributed by atoms with Crippen molar-refractivity contribution in [3.8, 4) is 28.9 Å². The highest BCUT2D eigenvalue weighted by molar-refractivity contribution is 6.02. The number of methoxy groups -OCH3 is 1. The number of hydrogen-bond acceptors (Lipinski definition) is 8. The van der Waals surface area contributed by atoms with Crippen molar-refractivity contribution >= 4 is 27.6 Å². The van der Waals surface area contributed by atoms with E-state index in [9.17, 15) is 18.3 Å². The first kappa shape index (κ1) is 23.8. The largest absolute Gasteiger partial charge is 0.508 e. The van der Waals surface area contributed by atoms with Gasteiger partial charge in [0.1, 0.15) is 40.6 Å². The Balaban J connectivity index is 1.88. The van der Waals surface area contributed by atoms with Gasteiger partial charge < -0.3 is 19.5 Å². The van der Waals surface area contributed by atoms with Crippen molar-refractivity contribution in [2.75, 3.05) is 25.2 Å². The second-order valence-electron chi connectivity index (χ2n) is 8.37. The van der Waals surface area contributed by atoms with Gasteiger partial charge in [0.05, 0.1) is 31.4 Å². The van der Waals surface area contributed by atoms with E-state index >= 15 is 4.39 Å². The molecule has 0 spiro atoms. The maximum absolute atomic E-state index is 16.2. The highest BCUT2D eigenvalue weighted by Crippen LogP contribution is 2.43. The van der Waals surface area contributed by atoms with Gasteiger partial charge in [0.2, 0.25) is 5.88 Å². The van der Waals surface area contributed by atoms with Gasteiger partial charge >= 0.3 is 6.01 Å². The van der Waals surface area contributed by atoms with Gasteiger partial charge in [-0.25, -0.2) is 22.5 Å². The third kappa shape index (κ3) is 3.76. The van der Waals surface area contributed by atoms with Crippen LogP contribution in [0.4, 0.5) is 23.4 Å². The second kappa shape index (κ2) is 8.92. The molecule has 1 atom stereocenters. The molecule has 1 aliphatic heterocycles. The van der Waals surface area contributed by atoms with Gasteiger partial charge in [-0.05, 0) is 25.0 Å². The molecule has 0 radical (unpaired) electrons. The lowest BCUT2D eigenvalue weighted by Gasteiger charge is -2.28. The number of phenols is 1. The van der Waals surface area contributed by atoms with E-state index in [1.165, 1.54) is 24.1 Å². The first-order chi connectivity index (χ1) is 17.2. The van der Waals surface area contributed by atoms with Gasteiger partial charge in [-0.15, -0.1) is 0 Å². The van der Waals surface area contributed by atoms with Crippen LogP contribution in [0.1, 0.15) is 19.4 Å². The number of nitrogens with zero attached hydrogens (tertiary/aromatic N) is 5. The monoisotopic (exact) mass is 503 g/mol. The van der Waals surface area contributed by atoms with E-state index in [2.05, 4.69) is 19.9 Å². The molecule has 1 aliphatic rings.